The number of aryl methyl sites for hydroxylation is 1. The number of carbonyl (C=O) groups is 1. The van der Waals surface area contributed by atoms with E-state index in [-0.39, 0.29) is 0 Å². The van der Waals surface area contributed by atoms with E-state index < -0.39 is 15.9 Å². The minimum atomic E-state index is -3.29. The number of nitrogens with one attached hydrogen (secondary N) is 1. The van der Waals surface area contributed by atoms with Crippen LogP contribution in [0.1, 0.15) is 11.1 Å². The fourth-order valence-corrected chi connectivity index (χ4v) is 2.11. The van der Waals surface area contributed by atoms with E-state index in [1.807, 2.05) is 0 Å². The first-order valence-corrected chi connectivity index (χ1v) is 7.13. The molecule has 3 N–H and O–H groups in total. The van der Waals surface area contributed by atoms with Crippen molar-refractivity contribution in [2.24, 2.45) is 5.73 Å². The van der Waals surface area contributed by atoms with Gasteiger partial charge in [-0.3, -0.25) is 9.52 Å². The second-order valence-corrected chi connectivity index (χ2v) is 5.92. The van der Waals surface area contributed by atoms with Crippen LogP contribution in [0.15, 0.2) is 30.4 Å². The summed E-state index contributed by atoms with van der Waals surface area (Å²) in [5.74, 6) is -0.536. The summed E-state index contributed by atoms with van der Waals surface area (Å²) in [5.41, 5.74) is 7.57. The monoisotopic (exact) mass is 268 g/mol. The van der Waals surface area contributed by atoms with Gasteiger partial charge in [0.15, 0.2) is 0 Å². The lowest BCUT2D eigenvalue weighted by atomic mass is 10.0. The minimum absolute atomic E-state index is 0.318. The molecule has 0 aliphatic rings. The Hall–Kier alpha value is -1.82. The van der Waals surface area contributed by atoms with Gasteiger partial charge >= 0.3 is 0 Å². The maximum atomic E-state index is 11.1. The molecule has 0 aliphatic carbocycles. The van der Waals surface area contributed by atoms with Crippen molar-refractivity contribution < 1.29 is 13.2 Å². The van der Waals surface area contributed by atoms with E-state index in [1.54, 1.807) is 25.1 Å². The van der Waals surface area contributed by atoms with Crippen molar-refractivity contribution in [2.45, 2.75) is 13.3 Å². The van der Waals surface area contributed by atoms with Crippen molar-refractivity contribution in [1.29, 1.82) is 0 Å². The van der Waals surface area contributed by atoms with Crippen LogP contribution in [-0.2, 0) is 21.2 Å². The summed E-state index contributed by atoms with van der Waals surface area (Å²) >= 11 is 0. The lowest BCUT2D eigenvalue weighted by molar-refractivity contribution is -0.114. The van der Waals surface area contributed by atoms with Gasteiger partial charge in [-0.1, -0.05) is 18.7 Å². The summed E-state index contributed by atoms with van der Waals surface area (Å²) in [4.78, 5) is 10.9. The number of hydrogen-bond acceptors (Lipinski definition) is 3. The second kappa shape index (κ2) is 5.22. The number of hydrogen-bond donors (Lipinski definition) is 2. The molecule has 1 aromatic rings. The van der Waals surface area contributed by atoms with Gasteiger partial charge in [0.2, 0.25) is 15.9 Å². The first kappa shape index (κ1) is 14.2. The minimum Gasteiger partial charge on any atom is -0.366 e. The molecule has 98 valence electrons. The van der Waals surface area contributed by atoms with Gasteiger partial charge in [-0.2, -0.15) is 0 Å². The Labute approximate surface area is 107 Å². The molecule has 0 unspecified atom stereocenters. The zero-order valence-electron chi connectivity index (χ0n) is 10.4. The molecule has 0 aromatic heterocycles. The number of rotatable bonds is 5. The SMILES string of the molecule is C=C(Cc1ccc(NS(C)(=O)=O)c(C)c1)C(N)=O. The van der Waals surface area contributed by atoms with Gasteiger partial charge in [0, 0.05) is 12.0 Å². The van der Waals surface area contributed by atoms with E-state index in [1.165, 1.54) is 0 Å². The molecule has 5 nitrogen and oxygen atoms in total. The Balaban J connectivity index is 2.93. The summed E-state index contributed by atoms with van der Waals surface area (Å²) in [5, 5.41) is 0. The smallest absolute Gasteiger partial charge is 0.244 e. The maximum Gasteiger partial charge on any atom is 0.244 e. The highest BCUT2D eigenvalue weighted by Crippen LogP contribution is 2.19. The molecule has 1 aromatic carbocycles. The maximum absolute atomic E-state index is 11.1. The Kier molecular flexibility index (Phi) is 4.13. The molecule has 0 saturated heterocycles. The highest BCUT2D eigenvalue weighted by Gasteiger charge is 2.07. The summed E-state index contributed by atoms with van der Waals surface area (Å²) in [6.07, 6.45) is 1.45. The van der Waals surface area contributed by atoms with Crippen LogP contribution in [-0.4, -0.2) is 20.6 Å². The molecule has 0 radical (unpaired) electrons. The second-order valence-electron chi connectivity index (χ2n) is 4.17. The number of amides is 1. The fraction of sp³-hybridized carbons (Fsp3) is 0.250. The fourth-order valence-electron chi connectivity index (χ4n) is 1.48. The van der Waals surface area contributed by atoms with E-state index >= 15 is 0 Å². The highest BCUT2D eigenvalue weighted by atomic mass is 32.2. The zero-order valence-corrected chi connectivity index (χ0v) is 11.2. The molecule has 18 heavy (non-hydrogen) atoms. The van der Waals surface area contributed by atoms with Crippen LogP contribution in [0.5, 0.6) is 0 Å². The molecular formula is C12H16N2O3S. The number of benzene rings is 1. The summed E-state index contributed by atoms with van der Waals surface area (Å²) in [6.45, 7) is 5.36. The molecular weight excluding hydrogens is 252 g/mol. The van der Waals surface area contributed by atoms with Crippen LogP contribution >= 0.6 is 0 Å². The van der Waals surface area contributed by atoms with Gasteiger partial charge in [-0.05, 0) is 24.1 Å². The molecule has 0 atom stereocenters. The molecule has 0 bridgehead atoms. The molecule has 0 spiro atoms. The normalized spacial score (nSPS) is 11.0. The largest absolute Gasteiger partial charge is 0.366 e. The third-order valence-electron chi connectivity index (χ3n) is 2.35. The Morgan fingerprint density at radius 3 is 2.50 bits per heavy atom. The van der Waals surface area contributed by atoms with E-state index in [4.69, 9.17) is 5.73 Å². The standard InChI is InChI=1S/C12H16N2O3S/c1-8-6-10(7-9(2)12(13)15)4-5-11(8)14-18(3,16)17/h4-6,14H,2,7H2,1,3H3,(H2,13,15). The van der Waals surface area contributed by atoms with Crippen molar-refractivity contribution >= 4 is 21.6 Å². The number of primary amides is 1. The van der Waals surface area contributed by atoms with Gasteiger partial charge in [-0.25, -0.2) is 8.42 Å². The van der Waals surface area contributed by atoms with Crippen LogP contribution in [0.2, 0.25) is 0 Å². The number of sulfonamides is 1. The average molecular weight is 268 g/mol. The van der Waals surface area contributed by atoms with Crippen molar-refractivity contribution in [3.05, 3.63) is 41.5 Å². The van der Waals surface area contributed by atoms with Crippen LogP contribution < -0.4 is 10.5 Å². The molecule has 0 heterocycles. The van der Waals surface area contributed by atoms with Gasteiger partial charge in [0.05, 0.1) is 11.9 Å². The van der Waals surface area contributed by atoms with Crippen molar-refractivity contribution in [3.63, 3.8) is 0 Å². The van der Waals surface area contributed by atoms with Gasteiger partial charge in [0.1, 0.15) is 0 Å². The third-order valence-corrected chi connectivity index (χ3v) is 2.94. The lowest BCUT2D eigenvalue weighted by Gasteiger charge is -2.10. The first-order valence-electron chi connectivity index (χ1n) is 5.24. The van der Waals surface area contributed by atoms with Crippen LogP contribution in [0.4, 0.5) is 5.69 Å². The van der Waals surface area contributed by atoms with E-state index in [0.717, 1.165) is 17.4 Å². The van der Waals surface area contributed by atoms with Crippen LogP contribution in [0, 0.1) is 6.92 Å². The predicted octanol–water partition coefficient (Wildman–Crippen LogP) is 0.951. The number of carbonyl (C=O) groups excluding carboxylic acids is 1. The van der Waals surface area contributed by atoms with Crippen molar-refractivity contribution in [2.75, 3.05) is 11.0 Å². The first-order chi connectivity index (χ1) is 8.19. The molecule has 6 heteroatoms. The number of anilines is 1. The van der Waals surface area contributed by atoms with Gasteiger partial charge in [0.25, 0.3) is 0 Å². The molecule has 0 fully saturated rings. The summed E-state index contributed by atoms with van der Waals surface area (Å²) in [6, 6.07) is 5.18. The average Bonchev–Trinajstić information content (AvgIpc) is 2.20. The topological polar surface area (TPSA) is 89.3 Å². The van der Waals surface area contributed by atoms with E-state index in [2.05, 4.69) is 11.3 Å². The van der Waals surface area contributed by atoms with E-state index in [0.29, 0.717) is 17.7 Å². The molecule has 0 aliphatic heterocycles. The Morgan fingerprint density at radius 1 is 1.44 bits per heavy atom. The number of nitrogens with two attached hydrogens (primary N) is 1. The quantitative estimate of drug-likeness (QED) is 0.779. The van der Waals surface area contributed by atoms with Crippen LogP contribution in [0.3, 0.4) is 0 Å². The molecule has 0 saturated carbocycles. The molecule has 1 rings (SSSR count). The Morgan fingerprint density at radius 2 is 2.06 bits per heavy atom. The predicted molar refractivity (Wildman–Crippen MR) is 71.7 cm³/mol. The summed E-state index contributed by atoms with van der Waals surface area (Å²) in [7, 11) is -3.29. The van der Waals surface area contributed by atoms with Crippen molar-refractivity contribution in [1.82, 2.24) is 0 Å². The Bertz CT molecular complexity index is 591. The van der Waals surface area contributed by atoms with Gasteiger partial charge in [-0.15, -0.1) is 0 Å². The van der Waals surface area contributed by atoms with Gasteiger partial charge < -0.3 is 5.73 Å². The molecule has 1 amide bonds. The van der Waals surface area contributed by atoms with Crippen LogP contribution in [0.25, 0.3) is 0 Å². The third kappa shape index (κ3) is 4.21. The van der Waals surface area contributed by atoms with Crippen molar-refractivity contribution in [3.8, 4) is 0 Å². The van der Waals surface area contributed by atoms with E-state index in [9.17, 15) is 13.2 Å². The lowest BCUT2D eigenvalue weighted by Crippen LogP contribution is -2.15. The summed E-state index contributed by atoms with van der Waals surface area (Å²) < 4.78 is 24.6. The zero-order chi connectivity index (χ0) is 13.9. The highest BCUT2D eigenvalue weighted by molar-refractivity contribution is 7.92.